The van der Waals surface area contributed by atoms with Gasteiger partial charge in [-0.2, -0.15) is 5.26 Å². The van der Waals surface area contributed by atoms with Gasteiger partial charge in [0.15, 0.2) is 0 Å². The molecule has 3 aromatic carbocycles. The Morgan fingerprint density at radius 3 is 1.94 bits per heavy atom. The van der Waals surface area contributed by atoms with Crippen LogP contribution in [0.25, 0.3) is 0 Å². The molecule has 0 aliphatic heterocycles. The van der Waals surface area contributed by atoms with E-state index in [1.165, 1.54) is 0 Å². The van der Waals surface area contributed by atoms with Crippen LogP contribution in [-0.4, -0.2) is 24.9 Å². The van der Waals surface area contributed by atoms with Crippen molar-refractivity contribution in [3.05, 3.63) is 107 Å². The molecular weight excluding hydrogens is 398 g/mol. The van der Waals surface area contributed by atoms with E-state index in [1.54, 1.807) is 39.1 Å². The monoisotopic (exact) mass is 425 g/mol. The molecule has 0 radical (unpaired) electrons. The van der Waals surface area contributed by atoms with Crippen LogP contribution in [0.1, 0.15) is 46.8 Å². The molecule has 2 amide bonds. The summed E-state index contributed by atoms with van der Waals surface area (Å²) in [4.78, 5) is 26.2. The zero-order valence-corrected chi connectivity index (χ0v) is 18.5. The van der Waals surface area contributed by atoms with Crippen LogP contribution < -0.4 is 10.6 Å². The van der Waals surface area contributed by atoms with Crippen molar-refractivity contribution in [2.45, 2.75) is 31.2 Å². The highest BCUT2D eigenvalue weighted by Crippen LogP contribution is 2.29. The number of carbonyl (C=O) groups is 2. The van der Waals surface area contributed by atoms with Crippen molar-refractivity contribution >= 4 is 11.8 Å². The van der Waals surface area contributed by atoms with E-state index < -0.39 is 11.5 Å². The molecule has 1 atom stereocenters. The Bertz CT molecular complexity index is 1080. The first kappa shape index (κ1) is 22.8. The zero-order chi connectivity index (χ0) is 23.1. The van der Waals surface area contributed by atoms with Crippen molar-refractivity contribution in [1.29, 1.82) is 5.26 Å². The lowest BCUT2D eigenvalue weighted by Crippen LogP contribution is -2.49. The lowest BCUT2D eigenvalue weighted by molar-refractivity contribution is -0.122. The van der Waals surface area contributed by atoms with Crippen LogP contribution in [0.5, 0.6) is 0 Å². The Hall–Kier alpha value is -3.91. The van der Waals surface area contributed by atoms with Crippen molar-refractivity contribution in [3.8, 4) is 6.07 Å². The quantitative estimate of drug-likeness (QED) is 0.596. The van der Waals surface area contributed by atoms with E-state index in [9.17, 15) is 14.9 Å². The lowest BCUT2D eigenvalue weighted by atomic mass is 9.84. The van der Waals surface area contributed by atoms with Crippen molar-refractivity contribution in [1.82, 2.24) is 10.6 Å². The molecule has 2 N–H and O–H groups in total. The first-order chi connectivity index (χ1) is 15.4. The zero-order valence-electron chi connectivity index (χ0n) is 18.5. The molecule has 0 bridgehead atoms. The first-order valence-electron chi connectivity index (χ1n) is 10.5. The maximum atomic E-state index is 13.2. The van der Waals surface area contributed by atoms with Crippen LogP contribution in [0.4, 0.5) is 0 Å². The number of hydrogen-bond acceptors (Lipinski definition) is 3. The summed E-state index contributed by atoms with van der Waals surface area (Å²) < 4.78 is 0. The molecular formula is C27H27N3O2. The minimum atomic E-state index is -0.829. The van der Waals surface area contributed by atoms with Gasteiger partial charge in [0.05, 0.1) is 11.5 Å². The standard InChI is InChI=1S/C27H27N3O2/c1-27(2,18-28)22-16-10-15-21(17-22)25(31)30-24(26(32)29-3)23(19-11-6-4-7-12-19)20-13-8-5-9-14-20/h4-17,23-24H,1-3H3,(H,29,32)(H,30,31)/t24-/m0/s1. The van der Waals surface area contributed by atoms with E-state index in [-0.39, 0.29) is 17.7 Å². The number of amides is 2. The number of carbonyl (C=O) groups excluding carboxylic acids is 2. The molecule has 0 heterocycles. The maximum absolute atomic E-state index is 13.2. The molecule has 0 aliphatic carbocycles. The van der Waals surface area contributed by atoms with Crippen LogP contribution in [0.15, 0.2) is 84.9 Å². The molecule has 162 valence electrons. The van der Waals surface area contributed by atoms with Gasteiger partial charge in [-0.1, -0.05) is 72.8 Å². The van der Waals surface area contributed by atoms with Gasteiger partial charge < -0.3 is 10.6 Å². The minimum Gasteiger partial charge on any atom is -0.357 e. The Balaban J connectivity index is 2.01. The SMILES string of the molecule is CNC(=O)[C@@H](NC(=O)c1cccc(C(C)(C)C#N)c1)C(c1ccccc1)c1ccccc1. The summed E-state index contributed by atoms with van der Waals surface area (Å²) in [7, 11) is 1.56. The second kappa shape index (κ2) is 9.93. The predicted molar refractivity (Wildman–Crippen MR) is 125 cm³/mol. The fraction of sp³-hybridized carbons (Fsp3) is 0.222. The minimum absolute atomic E-state index is 0.287. The molecule has 0 aromatic heterocycles. The van der Waals surface area contributed by atoms with Crippen LogP contribution in [-0.2, 0) is 10.2 Å². The second-order valence-corrected chi connectivity index (χ2v) is 8.18. The number of likely N-dealkylation sites (N-methyl/N-ethyl adjacent to an activating group) is 1. The average molecular weight is 426 g/mol. The molecule has 5 heteroatoms. The first-order valence-corrected chi connectivity index (χ1v) is 10.5. The highest BCUT2D eigenvalue weighted by Gasteiger charge is 2.32. The van der Waals surface area contributed by atoms with Gasteiger partial charge in [0.2, 0.25) is 5.91 Å². The average Bonchev–Trinajstić information content (AvgIpc) is 2.84. The summed E-state index contributed by atoms with van der Waals surface area (Å²) in [6.07, 6.45) is 0. The number of nitrogens with zero attached hydrogens (tertiary/aromatic N) is 1. The molecule has 3 rings (SSSR count). The molecule has 0 saturated heterocycles. The van der Waals surface area contributed by atoms with Gasteiger partial charge in [-0.25, -0.2) is 0 Å². The number of benzene rings is 3. The van der Waals surface area contributed by atoms with Crippen molar-refractivity contribution < 1.29 is 9.59 Å². The third-order valence-electron chi connectivity index (χ3n) is 5.59. The van der Waals surface area contributed by atoms with Gasteiger partial charge >= 0.3 is 0 Å². The summed E-state index contributed by atoms with van der Waals surface area (Å²) >= 11 is 0. The Kier molecular flexibility index (Phi) is 7.07. The van der Waals surface area contributed by atoms with Crippen molar-refractivity contribution in [3.63, 3.8) is 0 Å². The van der Waals surface area contributed by atoms with Gasteiger partial charge in [-0.3, -0.25) is 9.59 Å². The molecule has 5 nitrogen and oxygen atoms in total. The second-order valence-electron chi connectivity index (χ2n) is 8.18. The van der Waals surface area contributed by atoms with E-state index in [2.05, 4.69) is 16.7 Å². The Labute approximate surface area is 189 Å². The van der Waals surface area contributed by atoms with E-state index in [4.69, 9.17) is 0 Å². The van der Waals surface area contributed by atoms with Crippen LogP contribution >= 0.6 is 0 Å². The number of hydrogen-bond donors (Lipinski definition) is 2. The highest BCUT2D eigenvalue weighted by atomic mass is 16.2. The van der Waals surface area contributed by atoms with Crippen molar-refractivity contribution in [2.24, 2.45) is 0 Å². The number of nitriles is 1. The maximum Gasteiger partial charge on any atom is 0.251 e. The summed E-state index contributed by atoms with van der Waals surface area (Å²) in [5.74, 6) is -1.03. The number of rotatable bonds is 7. The van der Waals surface area contributed by atoms with E-state index >= 15 is 0 Å². The third kappa shape index (κ3) is 5.04. The van der Waals surface area contributed by atoms with Crippen LogP contribution in [0.2, 0.25) is 0 Å². The topological polar surface area (TPSA) is 82.0 Å². The van der Waals surface area contributed by atoms with E-state index in [0.29, 0.717) is 5.56 Å². The van der Waals surface area contributed by atoms with Crippen LogP contribution in [0, 0.1) is 11.3 Å². The van der Waals surface area contributed by atoms with Gasteiger partial charge in [0.1, 0.15) is 6.04 Å². The fourth-order valence-electron chi connectivity index (χ4n) is 3.69. The normalized spacial score (nSPS) is 12.0. The van der Waals surface area contributed by atoms with Gasteiger partial charge in [-0.05, 0) is 42.7 Å². The molecule has 0 unspecified atom stereocenters. The van der Waals surface area contributed by atoms with Gasteiger partial charge in [0, 0.05) is 18.5 Å². The lowest BCUT2D eigenvalue weighted by Gasteiger charge is -2.28. The summed E-state index contributed by atoms with van der Waals surface area (Å²) in [5.41, 5.74) is 2.26. The molecule has 0 spiro atoms. The highest BCUT2D eigenvalue weighted by molar-refractivity contribution is 5.98. The number of nitrogens with one attached hydrogen (secondary N) is 2. The third-order valence-corrected chi connectivity index (χ3v) is 5.59. The van der Waals surface area contributed by atoms with Crippen molar-refractivity contribution in [2.75, 3.05) is 7.05 Å². The fourth-order valence-corrected chi connectivity index (χ4v) is 3.69. The molecule has 0 saturated carbocycles. The van der Waals surface area contributed by atoms with Gasteiger partial charge in [-0.15, -0.1) is 0 Å². The Morgan fingerprint density at radius 1 is 0.875 bits per heavy atom. The van der Waals surface area contributed by atoms with Crippen LogP contribution in [0.3, 0.4) is 0 Å². The van der Waals surface area contributed by atoms with E-state index in [1.807, 2.05) is 66.7 Å². The summed E-state index contributed by atoms with van der Waals surface area (Å²) in [5, 5.41) is 15.1. The largest absolute Gasteiger partial charge is 0.357 e. The van der Waals surface area contributed by atoms with Gasteiger partial charge in [0.25, 0.3) is 5.91 Å². The summed E-state index contributed by atoms with van der Waals surface area (Å²) in [6, 6.07) is 27.7. The molecule has 0 aliphatic rings. The molecule has 3 aromatic rings. The smallest absolute Gasteiger partial charge is 0.251 e. The van der Waals surface area contributed by atoms with E-state index in [0.717, 1.165) is 16.7 Å². The summed E-state index contributed by atoms with van der Waals surface area (Å²) in [6.45, 7) is 3.61. The molecule has 32 heavy (non-hydrogen) atoms. The molecule has 0 fully saturated rings. The predicted octanol–water partition coefficient (Wildman–Crippen LogP) is 4.16. The Morgan fingerprint density at radius 2 is 1.44 bits per heavy atom.